The lowest BCUT2D eigenvalue weighted by Crippen LogP contribution is -2.45. The number of nitrogens with two attached hydrogens (primary N) is 1. The Morgan fingerprint density at radius 2 is 1.84 bits per heavy atom. The molecule has 0 saturated heterocycles. The average Bonchev–Trinajstić information content (AvgIpc) is 3.29. The summed E-state index contributed by atoms with van der Waals surface area (Å²) in [7, 11) is 1.45. The van der Waals surface area contributed by atoms with Gasteiger partial charge in [0.05, 0.1) is 24.2 Å². The van der Waals surface area contributed by atoms with E-state index in [0.29, 0.717) is 11.0 Å². The summed E-state index contributed by atoms with van der Waals surface area (Å²) in [6.45, 7) is 5.26. The molecule has 3 rings (SSSR count). The van der Waals surface area contributed by atoms with Crippen LogP contribution in [0.2, 0.25) is 0 Å². The van der Waals surface area contributed by atoms with Gasteiger partial charge >= 0.3 is 12.2 Å². The number of hydrogen-bond acceptors (Lipinski definition) is 9. The molecule has 14 nitrogen and oxygen atoms in total. The molecule has 0 aliphatic rings. The Kier molecular flexibility index (Phi) is 11.2. The number of aromatic nitrogens is 3. The van der Waals surface area contributed by atoms with E-state index in [4.69, 9.17) is 19.9 Å². The highest BCUT2D eigenvalue weighted by Crippen LogP contribution is 2.19. The van der Waals surface area contributed by atoms with E-state index in [1.807, 2.05) is 0 Å². The van der Waals surface area contributed by atoms with Crippen molar-refractivity contribution in [1.29, 1.82) is 0 Å². The Labute approximate surface area is 247 Å². The lowest BCUT2D eigenvalue weighted by molar-refractivity contribution is -0.118. The molecule has 0 fully saturated rings. The summed E-state index contributed by atoms with van der Waals surface area (Å²) in [6.07, 6.45) is 2.90. The first-order valence-electron chi connectivity index (χ1n) is 13.5. The van der Waals surface area contributed by atoms with E-state index in [-0.39, 0.29) is 44.1 Å². The number of methoxy groups -OCH3 is 1. The zero-order valence-corrected chi connectivity index (χ0v) is 24.5. The molecule has 2 aromatic heterocycles. The number of nitrogens with zero attached hydrogens (tertiary/aromatic N) is 3. The van der Waals surface area contributed by atoms with Gasteiger partial charge in [-0.2, -0.15) is 0 Å². The first kappa shape index (κ1) is 32.5. The number of pyridine rings is 1. The summed E-state index contributed by atoms with van der Waals surface area (Å²) in [4.78, 5) is 67.4. The average molecular weight is 597 g/mol. The maximum Gasteiger partial charge on any atom is 0.420 e. The minimum atomic E-state index is -1.11. The Morgan fingerprint density at radius 1 is 1.09 bits per heavy atom. The van der Waals surface area contributed by atoms with Crippen molar-refractivity contribution in [1.82, 2.24) is 19.4 Å². The quantitative estimate of drug-likeness (QED) is 0.209. The number of rotatable bonds is 12. The fourth-order valence-electron chi connectivity index (χ4n) is 3.95. The zero-order chi connectivity index (χ0) is 31.6. The van der Waals surface area contributed by atoms with Gasteiger partial charge in [0.25, 0.3) is 5.56 Å². The summed E-state index contributed by atoms with van der Waals surface area (Å²) >= 11 is 0. The van der Waals surface area contributed by atoms with Crippen molar-refractivity contribution < 1.29 is 33.4 Å². The van der Waals surface area contributed by atoms with Crippen molar-refractivity contribution in [3.8, 4) is 0 Å². The number of imidazole rings is 1. The van der Waals surface area contributed by atoms with Gasteiger partial charge in [-0.1, -0.05) is 18.2 Å². The van der Waals surface area contributed by atoms with Gasteiger partial charge in [0.15, 0.2) is 0 Å². The molecule has 0 saturated carbocycles. The van der Waals surface area contributed by atoms with Gasteiger partial charge in [0.1, 0.15) is 29.8 Å². The summed E-state index contributed by atoms with van der Waals surface area (Å²) in [6, 6.07) is 8.85. The van der Waals surface area contributed by atoms with Crippen molar-refractivity contribution in [3.63, 3.8) is 0 Å². The van der Waals surface area contributed by atoms with Gasteiger partial charge in [0, 0.05) is 13.3 Å². The van der Waals surface area contributed by atoms with Crippen LogP contribution >= 0.6 is 0 Å². The van der Waals surface area contributed by atoms with E-state index in [1.165, 1.54) is 34.6 Å². The smallest absolute Gasteiger partial charge is 0.420 e. The molecule has 1 atom stereocenters. The van der Waals surface area contributed by atoms with Gasteiger partial charge < -0.3 is 35.1 Å². The molecule has 0 aliphatic heterocycles. The number of benzene rings is 1. The second-order valence-electron chi connectivity index (χ2n) is 10.4. The SMILES string of the molecule is COCCOC(=O)NC(CCC=CC(N)=O)C(=O)Nc1cccn(Cc2nc3ccccc3n2C(=O)OC(C)(C)C)c1=O. The molecule has 0 bridgehead atoms. The fraction of sp³-hybridized carbons (Fsp3) is 0.379. The third-order valence-electron chi connectivity index (χ3n) is 5.83. The van der Waals surface area contributed by atoms with Crippen LogP contribution in [0.25, 0.3) is 11.0 Å². The van der Waals surface area contributed by atoms with Crippen LogP contribution in [0.3, 0.4) is 0 Å². The molecule has 1 aromatic carbocycles. The van der Waals surface area contributed by atoms with Crippen LogP contribution in [0.1, 0.15) is 39.4 Å². The van der Waals surface area contributed by atoms with Crippen LogP contribution in [0.15, 0.2) is 59.5 Å². The number of allylic oxidation sites excluding steroid dienone is 1. The van der Waals surface area contributed by atoms with Crippen LogP contribution in [-0.4, -0.2) is 70.1 Å². The van der Waals surface area contributed by atoms with E-state index < -0.39 is 41.2 Å². The van der Waals surface area contributed by atoms with E-state index in [1.54, 1.807) is 51.1 Å². The van der Waals surface area contributed by atoms with Crippen LogP contribution in [0.4, 0.5) is 15.3 Å². The molecule has 230 valence electrons. The van der Waals surface area contributed by atoms with Crippen molar-refractivity contribution in [2.75, 3.05) is 25.6 Å². The van der Waals surface area contributed by atoms with E-state index in [2.05, 4.69) is 15.6 Å². The van der Waals surface area contributed by atoms with Gasteiger partial charge in [-0.25, -0.2) is 19.1 Å². The maximum absolute atomic E-state index is 13.4. The zero-order valence-electron chi connectivity index (χ0n) is 24.5. The predicted molar refractivity (Wildman–Crippen MR) is 158 cm³/mol. The fourth-order valence-corrected chi connectivity index (χ4v) is 3.95. The number of fused-ring (bicyclic) bond motifs is 1. The Balaban J connectivity index is 1.85. The molecular formula is C29H36N6O8. The Morgan fingerprint density at radius 3 is 2.53 bits per heavy atom. The summed E-state index contributed by atoms with van der Waals surface area (Å²) < 4.78 is 18.0. The Bertz CT molecular complexity index is 1550. The number of hydrogen-bond donors (Lipinski definition) is 3. The van der Waals surface area contributed by atoms with Gasteiger partial charge in [-0.3, -0.25) is 14.4 Å². The second-order valence-corrected chi connectivity index (χ2v) is 10.4. The number of carbonyl (C=O) groups is 4. The van der Waals surface area contributed by atoms with Crippen LogP contribution < -0.4 is 21.9 Å². The molecule has 2 heterocycles. The van der Waals surface area contributed by atoms with Gasteiger partial charge in [-0.15, -0.1) is 0 Å². The lowest BCUT2D eigenvalue weighted by atomic mass is 10.1. The highest BCUT2D eigenvalue weighted by Gasteiger charge is 2.25. The minimum Gasteiger partial charge on any atom is -0.447 e. The van der Waals surface area contributed by atoms with Crippen molar-refractivity contribution in [2.45, 2.75) is 51.8 Å². The molecule has 0 radical (unpaired) electrons. The number of amides is 3. The first-order chi connectivity index (χ1) is 20.4. The summed E-state index contributed by atoms with van der Waals surface area (Å²) in [5.74, 6) is -1.09. The van der Waals surface area contributed by atoms with E-state index in [9.17, 15) is 24.0 Å². The van der Waals surface area contributed by atoms with E-state index in [0.717, 1.165) is 6.08 Å². The molecule has 0 aliphatic carbocycles. The predicted octanol–water partition coefficient (Wildman–Crippen LogP) is 2.53. The van der Waals surface area contributed by atoms with Gasteiger partial charge in [-0.05, 0) is 64.0 Å². The number of nitrogens with one attached hydrogen (secondary N) is 2. The van der Waals surface area contributed by atoms with Crippen molar-refractivity contribution >= 4 is 40.7 Å². The molecule has 4 N–H and O–H groups in total. The summed E-state index contributed by atoms with van der Waals surface area (Å²) in [5, 5.41) is 5.01. The normalized spacial score (nSPS) is 12.2. The molecule has 0 spiro atoms. The topological polar surface area (TPSA) is 186 Å². The first-order valence-corrected chi connectivity index (χ1v) is 13.5. The third kappa shape index (κ3) is 9.53. The lowest BCUT2D eigenvalue weighted by Gasteiger charge is -2.20. The Hall–Kier alpha value is -4.98. The number of alkyl carbamates (subject to hydrolysis) is 1. The number of para-hydroxylation sites is 2. The standard InChI is InChI=1S/C29H36N6O8/c1-29(2,3)43-28(40)35-22-13-7-5-10-19(22)31-24(35)18-34-15-9-12-21(26(34)38)32-25(37)20(11-6-8-14-23(30)36)33-27(39)42-17-16-41-4/h5,7-10,12-15,20H,6,11,16-18H2,1-4H3,(H2,30,36)(H,32,37)(H,33,39). The maximum atomic E-state index is 13.4. The number of anilines is 1. The molecule has 1 unspecified atom stereocenters. The molecule has 43 heavy (non-hydrogen) atoms. The second kappa shape index (κ2) is 14.8. The highest BCUT2D eigenvalue weighted by atomic mass is 16.6. The molecule has 14 heteroatoms. The molecule has 3 amide bonds. The highest BCUT2D eigenvalue weighted by molar-refractivity contribution is 5.96. The number of carbonyl (C=O) groups excluding carboxylic acids is 4. The largest absolute Gasteiger partial charge is 0.447 e. The van der Waals surface area contributed by atoms with Gasteiger partial charge in [0.2, 0.25) is 11.8 Å². The molecule has 3 aromatic rings. The number of primary amides is 1. The van der Waals surface area contributed by atoms with Crippen LogP contribution in [0.5, 0.6) is 0 Å². The van der Waals surface area contributed by atoms with Crippen LogP contribution in [0, 0.1) is 0 Å². The minimum absolute atomic E-state index is 0.0320. The third-order valence-corrected chi connectivity index (χ3v) is 5.83. The molecular weight excluding hydrogens is 560 g/mol. The van der Waals surface area contributed by atoms with Crippen LogP contribution in [-0.2, 0) is 30.3 Å². The van der Waals surface area contributed by atoms with Crippen molar-refractivity contribution in [2.24, 2.45) is 5.73 Å². The summed E-state index contributed by atoms with van der Waals surface area (Å²) in [5.41, 5.74) is 4.75. The van der Waals surface area contributed by atoms with E-state index >= 15 is 0 Å². The number of ether oxygens (including phenoxy) is 3. The monoisotopic (exact) mass is 596 g/mol. The van der Waals surface area contributed by atoms with Crippen molar-refractivity contribution in [3.05, 3.63) is 70.9 Å².